The smallest absolute Gasteiger partial charge is 0.207 e. The summed E-state index contributed by atoms with van der Waals surface area (Å²) in [5.41, 5.74) is 1.84. The summed E-state index contributed by atoms with van der Waals surface area (Å²) in [7, 11) is 0. The third kappa shape index (κ3) is 3.21. The van der Waals surface area contributed by atoms with Gasteiger partial charge in [0, 0.05) is 18.7 Å². The summed E-state index contributed by atoms with van der Waals surface area (Å²) < 4.78 is 13.1. The van der Waals surface area contributed by atoms with Crippen LogP contribution in [0.5, 0.6) is 0 Å². The van der Waals surface area contributed by atoms with Gasteiger partial charge in [0.05, 0.1) is 17.3 Å². The van der Waals surface area contributed by atoms with Crippen molar-refractivity contribution in [3.05, 3.63) is 29.3 Å². The Labute approximate surface area is 140 Å². The number of hydrazone groups is 1. The standard InChI is InChI=1S/C17H19FN6/c1-4-24-17(3,8-15(9-18)23-24)16(21-11-20)22-14-6-5-13(10-19)12(2)7-14/h5-7H,4,8-9H2,1-3H3,(H,21,22)/t17-/m0/s1. The molecule has 0 aliphatic carbocycles. The van der Waals surface area contributed by atoms with Crippen molar-refractivity contribution >= 4 is 17.2 Å². The molecule has 1 aliphatic heterocycles. The van der Waals surface area contributed by atoms with E-state index in [0.717, 1.165) is 5.56 Å². The molecule has 1 N–H and O–H groups in total. The molecule has 124 valence electrons. The van der Waals surface area contributed by atoms with Crippen LogP contribution in [0, 0.1) is 29.7 Å². The lowest BCUT2D eigenvalue weighted by Crippen LogP contribution is -2.50. The van der Waals surface area contributed by atoms with Gasteiger partial charge in [-0.25, -0.2) is 4.39 Å². The van der Waals surface area contributed by atoms with Gasteiger partial charge >= 0.3 is 0 Å². The van der Waals surface area contributed by atoms with Gasteiger partial charge in [0.25, 0.3) is 0 Å². The van der Waals surface area contributed by atoms with Gasteiger partial charge in [-0.15, -0.1) is 0 Å². The van der Waals surface area contributed by atoms with E-state index >= 15 is 0 Å². The van der Waals surface area contributed by atoms with Crippen molar-refractivity contribution in [2.24, 2.45) is 10.1 Å². The van der Waals surface area contributed by atoms with Crippen LogP contribution in [-0.2, 0) is 0 Å². The largest absolute Gasteiger partial charge is 0.341 e. The molecule has 1 aromatic rings. The molecule has 0 amide bonds. The molecule has 2 rings (SSSR count). The molecule has 6 nitrogen and oxygen atoms in total. The Morgan fingerprint density at radius 2 is 2.25 bits per heavy atom. The highest BCUT2D eigenvalue weighted by Gasteiger charge is 2.42. The second kappa shape index (κ2) is 7.10. The average molecular weight is 326 g/mol. The van der Waals surface area contributed by atoms with Crippen LogP contribution in [0.15, 0.2) is 28.3 Å². The molecule has 7 heteroatoms. The topological polar surface area (TPSA) is 87.6 Å². The lowest BCUT2D eigenvalue weighted by Gasteiger charge is -2.34. The maximum absolute atomic E-state index is 13.1. The maximum atomic E-state index is 13.1. The minimum atomic E-state index is -0.715. The molecule has 0 bridgehead atoms. The van der Waals surface area contributed by atoms with Crippen LogP contribution in [0.4, 0.5) is 10.1 Å². The molecule has 24 heavy (non-hydrogen) atoms. The molecule has 0 spiro atoms. The van der Waals surface area contributed by atoms with E-state index in [-0.39, 0.29) is 0 Å². The van der Waals surface area contributed by atoms with E-state index in [1.807, 2.05) is 26.8 Å². The van der Waals surface area contributed by atoms with Crippen LogP contribution < -0.4 is 5.32 Å². The fourth-order valence-corrected chi connectivity index (χ4v) is 2.84. The van der Waals surface area contributed by atoms with Gasteiger partial charge in [-0.05, 0) is 44.5 Å². The monoisotopic (exact) mass is 326 g/mol. The molecule has 0 unspecified atom stereocenters. The number of likely N-dealkylation sites (N-methyl/N-ethyl adjacent to an activating group) is 1. The molecular weight excluding hydrogens is 307 g/mol. The summed E-state index contributed by atoms with van der Waals surface area (Å²) in [5.74, 6) is 0.406. The number of alkyl halides is 1. The third-order valence-electron chi connectivity index (χ3n) is 4.12. The predicted molar refractivity (Wildman–Crippen MR) is 91.4 cm³/mol. The molecule has 1 aliphatic rings. The Hall–Kier alpha value is -2.93. The van der Waals surface area contributed by atoms with Crippen molar-refractivity contribution in [1.82, 2.24) is 5.01 Å². The normalized spacial score (nSPS) is 20.3. The average Bonchev–Trinajstić information content (AvgIpc) is 2.92. The van der Waals surface area contributed by atoms with Crippen molar-refractivity contribution in [2.75, 3.05) is 18.5 Å². The van der Waals surface area contributed by atoms with E-state index < -0.39 is 12.2 Å². The third-order valence-corrected chi connectivity index (χ3v) is 4.12. The highest BCUT2D eigenvalue weighted by atomic mass is 19.1. The number of nitrogens with zero attached hydrogens (tertiary/aromatic N) is 5. The van der Waals surface area contributed by atoms with Gasteiger partial charge in [-0.2, -0.15) is 20.6 Å². The molecule has 0 aromatic heterocycles. The van der Waals surface area contributed by atoms with Crippen LogP contribution in [0.25, 0.3) is 0 Å². The van der Waals surface area contributed by atoms with E-state index in [0.29, 0.717) is 35.8 Å². The zero-order valence-corrected chi connectivity index (χ0v) is 14.0. The second-order valence-electron chi connectivity index (χ2n) is 5.79. The first-order valence-corrected chi connectivity index (χ1v) is 7.63. The molecule has 1 heterocycles. The van der Waals surface area contributed by atoms with Gasteiger partial charge in [0.15, 0.2) is 0 Å². The maximum Gasteiger partial charge on any atom is 0.207 e. The predicted octanol–water partition coefficient (Wildman–Crippen LogP) is 2.97. The van der Waals surface area contributed by atoms with Gasteiger partial charge in [0.2, 0.25) is 6.19 Å². The Bertz CT molecular complexity index is 770. The number of rotatable bonds is 4. The van der Waals surface area contributed by atoms with Gasteiger partial charge in [0.1, 0.15) is 18.0 Å². The number of amidine groups is 1. The quantitative estimate of drug-likeness (QED) is 0.523. The molecule has 0 saturated heterocycles. The Morgan fingerprint density at radius 3 is 2.79 bits per heavy atom. The Balaban J connectivity index is 2.35. The summed E-state index contributed by atoms with van der Waals surface area (Å²) in [5, 5.41) is 27.2. The Kier molecular flexibility index (Phi) is 5.15. The summed E-state index contributed by atoms with van der Waals surface area (Å²) in [6.07, 6.45) is 2.17. The van der Waals surface area contributed by atoms with Crippen molar-refractivity contribution in [2.45, 2.75) is 32.7 Å². The van der Waals surface area contributed by atoms with Crippen molar-refractivity contribution in [3.63, 3.8) is 0 Å². The van der Waals surface area contributed by atoms with Crippen molar-refractivity contribution in [3.8, 4) is 12.3 Å². The summed E-state index contributed by atoms with van der Waals surface area (Å²) in [6.45, 7) is 5.58. The first kappa shape index (κ1) is 17.4. The summed E-state index contributed by atoms with van der Waals surface area (Å²) >= 11 is 0. The van der Waals surface area contributed by atoms with Crippen LogP contribution >= 0.6 is 0 Å². The van der Waals surface area contributed by atoms with Crippen LogP contribution in [0.3, 0.4) is 0 Å². The molecule has 1 aromatic carbocycles. The molecule has 0 radical (unpaired) electrons. The number of nitriles is 2. The number of benzene rings is 1. The first-order valence-electron chi connectivity index (χ1n) is 7.63. The second-order valence-corrected chi connectivity index (χ2v) is 5.79. The minimum absolute atomic E-state index is 0.361. The number of hydrogen-bond donors (Lipinski definition) is 1. The van der Waals surface area contributed by atoms with Crippen LogP contribution in [0.1, 0.15) is 31.4 Å². The first-order chi connectivity index (χ1) is 11.5. The molecule has 1 atom stereocenters. The van der Waals surface area contributed by atoms with E-state index in [1.54, 1.807) is 23.3 Å². The molecular formula is C17H19FN6. The zero-order chi connectivity index (χ0) is 17.7. The van der Waals surface area contributed by atoms with Gasteiger partial charge in [-0.1, -0.05) is 0 Å². The number of aryl methyl sites for hydroxylation is 1. The SMILES string of the molecule is CCN1N=C(CF)C[C@@]1(C)/C(=N\C#N)Nc1ccc(C#N)c(C)c1. The van der Waals surface area contributed by atoms with E-state index in [2.05, 4.69) is 21.5 Å². The summed E-state index contributed by atoms with van der Waals surface area (Å²) in [4.78, 5) is 3.92. The number of aliphatic imine (C=N–C) groups is 1. The number of anilines is 1. The number of halogens is 1. The molecule has 0 saturated carbocycles. The van der Waals surface area contributed by atoms with Gasteiger partial charge < -0.3 is 5.32 Å². The van der Waals surface area contributed by atoms with E-state index in [1.165, 1.54) is 0 Å². The fourth-order valence-electron chi connectivity index (χ4n) is 2.84. The molecule has 0 fully saturated rings. The van der Waals surface area contributed by atoms with Crippen molar-refractivity contribution < 1.29 is 4.39 Å². The van der Waals surface area contributed by atoms with E-state index in [4.69, 9.17) is 10.5 Å². The zero-order valence-electron chi connectivity index (χ0n) is 14.0. The fraction of sp³-hybridized carbons (Fsp3) is 0.412. The van der Waals surface area contributed by atoms with Gasteiger partial charge in [-0.3, -0.25) is 5.01 Å². The number of nitrogens with one attached hydrogen (secondary N) is 1. The lowest BCUT2D eigenvalue weighted by atomic mass is 9.93. The minimum Gasteiger partial charge on any atom is -0.341 e. The highest BCUT2D eigenvalue weighted by molar-refractivity contribution is 6.07. The number of hydrogen-bond acceptors (Lipinski definition) is 5. The van der Waals surface area contributed by atoms with Crippen LogP contribution in [0.2, 0.25) is 0 Å². The van der Waals surface area contributed by atoms with E-state index in [9.17, 15) is 4.39 Å². The summed E-state index contributed by atoms with van der Waals surface area (Å²) in [6, 6.07) is 7.39. The van der Waals surface area contributed by atoms with Crippen molar-refractivity contribution in [1.29, 1.82) is 10.5 Å². The lowest BCUT2D eigenvalue weighted by molar-refractivity contribution is 0.208. The Morgan fingerprint density at radius 1 is 1.50 bits per heavy atom. The highest BCUT2D eigenvalue weighted by Crippen LogP contribution is 2.30. The van der Waals surface area contributed by atoms with Crippen LogP contribution in [-0.4, -0.2) is 35.3 Å².